The van der Waals surface area contributed by atoms with E-state index in [1.165, 1.54) is 6.07 Å². The average Bonchev–Trinajstić information content (AvgIpc) is 2.17. The first-order chi connectivity index (χ1) is 7.03. The largest absolute Gasteiger partial charge is 0.378 e. The van der Waals surface area contributed by atoms with Crippen molar-refractivity contribution in [2.75, 3.05) is 13.7 Å². The van der Waals surface area contributed by atoms with Crippen LogP contribution in [0.5, 0.6) is 0 Å². The molecule has 0 amide bonds. The third-order valence-electron chi connectivity index (χ3n) is 1.88. The predicted molar refractivity (Wildman–Crippen MR) is 47.6 cm³/mol. The summed E-state index contributed by atoms with van der Waals surface area (Å²) < 4.78 is 44.1. The Kier molecular flexibility index (Phi) is 3.47. The molecule has 0 unspecified atom stereocenters. The molecule has 0 bridgehead atoms. The van der Waals surface area contributed by atoms with E-state index in [-0.39, 0.29) is 11.8 Å². The van der Waals surface area contributed by atoms with Gasteiger partial charge in [0.25, 0.3) is 5.92 Å². The zero-order valence-corrected chi connectivity index (χ0v) is 7.97. The number of halogens is 3. The molecule has 82 valence electrons. The molecule has 1 rings (SSSR count). The van der Waals surface area contributed by atoms with Crippen LogP contribution in [0.2, 0.25) is 0 Å². The normalized spacial score (nSPS) is 11.5. The SMILES string of the molecule is COCC(F)(F)c1cccc(C=O)c1F. The summed E-state index contributed by atoms with van der Waals surface area (Å²) in [6, 6.07) is 3.27. The minimum Gasteiger partial charge on any atom is -0.378 e. The second-order valence-corrected chi connectivity index (χ2v) is 2.96. The number of rotatable bonds is 4. The number of ether oxygens (including phenoxy) is 1. The van der Waals surface area contributed by atoms with E-state index in [1.54, 1.807) is 0 Å². The predicted octanol–water partition coefficient (Wildman–Crippen LogP) is 2.38. The third-order valence-corrected chi connectivity index (χ3v) is 1.88. The molecule has 0 aliphatic carbocycles. The van der Waals surface area contributed by atoms with E-state index in [1.807, 2.05) is 0 Å². The van der Waals surface area contributed by atoms with Crippen molar-refractivity contribution in [3.63, 3.8) is 0 Å². The van der Waals surface area contributed by atoms with Crippen molar-refractivity contribution in [3.05, 3.63) is 35.1 Å². The summed E-state index contributed by atoms with van der Waals surface area (Å²) in [5, 5.41) is 0. The standard InChI is InChI=1S/C10H9F3O2/c1-15-6-10(12,13)8-4-2-3-7(5-14)9(8)11/h2-5H,6H2,1H3. The first-order valence-corrected chi connectivity index (χ1v) is 4.14. The van der Waals surface area contributed by atoms with Crippen molar-refractivity contribution in [1.82, 2.24) is 0 Å². The Hall–Kier alpha value is -1.36. The van der Waals surface area contributed by atoms with Gasteiger partial charge in [-0.05, 0) is 12.1 Å². The molecule has 0 N–H and O–H groups in total. The van der Waals surface area contributed by atoms with E-state index in [9.17, 15) is 18.0 Å². The number of carbonyl (C=O) groups excluding carboxylic acids is 1. The van der Waals surface area contributed by atoms with Crippen LogP contribution in [-0.4, -0.2) is 20.0 Å². The summed E-state index contributed by atoms with van der Waals surface area (Å²) >= 11 is 0. The molecular weight excluding hydrogens is 209 g/mol. The highest BCUT2D eigenvalue weighted by atomic mass is 19.3. The lowest BCUT2D eigenvalue weighted by atomic mass is 10.1. The van der Waals surface area contributed by atoms with Crippen molar-refractivity contribution in [2.45, 2.75) is 5.92 Å². The summed E-state index contributed by atoms with van der Waals surface area (Å²) in [7, 11) is 1.09. The second-order valence-electron chi connectivity index (χ2n) is 2.96. The van der Waals surface area contributed by atoms with E-state index >= 15 is 0 Å². The van der Waals surface area contributed by atoms with Crippen molar-refractivity contribution in [3.8, 4) is 0 Å². The Labute approximate surface area is 84.7 Å². The van der Waals surface area contributed by atoms with E-state index < -0.39 is 23.9 Å². The Bertz CT molecular complexity index is 364. The molecule has 0 heterocycles. The van der Waals surface area contributed by atoms with Gasteiger partial charge in [0.1, 0.15) is 12.4 Å². The van der Waals surface area contributed by atoms with E-state index in [4.69, 9.17) is 0 Å². The average molecular weight is 218 g/mol. The van der Waals surface area contributed by atoms with Crippen molar-refractivity contribution in [1.29, 1.82) is 0 Å². The van der Waals surface area contributed by atoms with E-state index in [0.29, 0.717) is 0 Å². The molecule has 0 atom stereocenters. The molecule has 15 heavy (non-hydrogen) atoms. The fraction of sp³-hybridized carbons (Fsp3) is 0.300. The molecule has 2 nitrogen and oxygen atoms in total. The summed E-state index contributed by atoms with van der Waals surface area (Å²) in [6.45, 7) is -0.924. The van der Waals surface area contributed by atoms with Crippen LogP contribution in [0.3, 0.4) is 0 Å². The fourth-order valence-corrected chi connectivity index (χ4v) is 1.18. The second kappa shape index (κ2) is 4.44. The van der Waals surface area contributed by atoms with E-state index in [2.05, 4.69) is 4.74 Å². The highest BCUT2D eigenvalue weighted by molar-refractivity contribution is 5.75. The summed E-state index contributed by atoms with van der Waals surface area (Å²) in [5.74, 6) is -4.63. The number of alkyl halides is 2. The number of hydrogen-bond acceptors (Lipinski definition) is 2. The molecule has 0 aliphatic rings. The van der Waals surface area contributed by atoms with Gasteiger partial charge in [-0.2, -0.15) is 8.78 Å². The first-order valence-electron chi connectivity index (χ1n) is 4.14. The zero-order chi connectivity index (χ0) is 11.5. The summed E-state index contributed by atoms with van der Waals surface area (Å²) in [6.07, 6.45) is 0.196. The van der Waals surface area contributed by atoms with Gasteiger partial charge in [0.05, 0.1) is 11.1 Å². The van der Waals surface area contributed by atoms with Crippen LogP contribution in [0.4, 0.5) is 13.2 Å². The summed E-state index contributed by atoms with van der Waals surface area (Å²) in [5.41, 5.74) is -1.21. The lowest BCUT2D eigenvalue weighted by Crippen LogP contribution is -2.22. The van der Waals surface area contributed by atoms with Crippen LogP contribution < -0.4 is 0 Å². The van der Waals surface area contributed by atoms with Crippen LogP contribution in [-0.2, 0) is 10.7 Å². The minimum absolute atomic E-state index is 0.196. The molecule has 1 aromatic carbocycles. The molecule has 0 fully saturated rings. The number of hydrogen-bond donors (Lipinski definition) is 0. The maximum Gasteiger partial charge on any atom is 0.298 e. The Morgan fingerprint density at radius 1 is 1.47 bits per heavy atom. The van der Waals surface area contributed by atoms with Gasteiger partial charge in [-0.3, -0.25) is 4.79 Å². The molecule has 5 heteroatoms. The summed E-state index contributed by atoms with van der Waals surface area (Å²) in [4.78, 5) is 10.3. The number of methoxy groups -OCH3 is 1. The maximum atomic E-state index is 13.3. The molecule has 1 aromatic rings. The quantitative estimate of drug-likeness (QED) is 0.725. The maximum absolute atomic E-state index is 13.3. The number of benzene rings is 1. The lowest BCUT2D eigenvalue weighted by Gasteiger charge is -2.16. The highest BCUT2D eigenvalue weighted by Gasteiger charge is 2.35. The molecular formula is C10H9F3O2. The van der Waals surface area contributed by atoms with Crippen LogP contribution in [0.25, 0.3) is 0 Å². The van der Waals surface area contributed by atoms with Gasteiger partial charge in [0.2, 0.25) is 0 Å². The minimum atomic E-state index is -3.43. The Balaban J connectivity index is 3.19. The molecule has 0 aliphatic heterocycles. The van der Waals surface area contributed by atoms with Gasteiger partial charge < -0.3 is 4.74 Å². The van der Waals surface area contributed by atoms with Crippen LogP contribution >= 0.6 is 0 Å². The highest BCUT2D eigenvalue weighted by Crippen LogP contribution is 2.30. The van der Waals surface area contributed by atoms with Gasteiger partial charge in [-0.25, -0.2) is 4.39 Å². The number of aldehydes is 1. The Morgan fingerprint density at radius 3 is 2.67 bits per heavy atom. The van der Waals surface area contributed by atoms with Crippen LogP contribution in [0, 0.1) is 5.82 Å². The van der Waals surface area contributed by atoms with Crippen molar-refractivity contribution >= 4 is 6.29 Å². The fourth-order valence-electron chi connectivity index (χ4n) is 1.18. The van der Waals surface area contributed by atoms with Crippen molar-refractivity contribution in [2.24, 2.45) is 0 Å². The van der Waals surface area contributed by atoms with Gasteiger partial charge >= 0.3 is 0 Å². The van der Waals surface area contributed by atoms with Crippen molar-refractivity contribution < 1.29 is 22.7 Å². The van der Waals surface area contributed by atoms with Crippen LogP contribution in [0.1, 0.15) is 15.9 Å². The third kappa shape index (κ3) is 2.36. The van der Waals surface area contributed by atoms with E-state index in [0.717, 1.165) is 19.2 Å². The smallest absolute Gasteiger partial charge is 0.298 e. The molecule has 0 aromatic heterocycles. The van der Waals surface area contributed by atoms with Gasteiger partial charge in [-0.15, -0.1) is 0 Å². The molecule has 0 radical (unpaired) electrons. The Morgan fingerprint density at radius 2 is 2.13 bits per heavy atom. The number of carbonyl (C=O) groups is 1. The van der Waals surface area contributed by atoms with Crippen LogP contribution in [0.15, 0.2) is 18.2 Å². The first kappa shape index (κ1) is 11.7. The monoisotopic (exact) mass is 218 g/mol. The van der Waals surface area contributed by atoms with Gasteiger partial charge in [-0.1, -0.05) is 6.07 Å². The molecule has 0 saturated carbocycles. The van der Waals surface area contributed by atoms with Gasteiger partial charge in [0, 0.05) is 7.11 Å². The molecule has 0 saturated heterocycles. The zero-order valence-electron chi connectivity index (χ0n) is 7.97. The van der Waals surface area contributed by atoms with Gasteiger partial charge in [0.15, 0.2) is 6.29 Å². The lowest BCUT2D eigenvalue weighted by molar-refractivity contribution is -0.0721. The molecule has 0 spiro atoms. The topological polar surface area (TPSA) is 26.3 Å².